The molecule has 1 spiro atoms. The summed E-state index contributed by atoms with van der Waals surface area (Å²) in [4.78, 5) is 13.3. The van der Waals surface area contributed by atoms with Crippen LogP contribution in [0.1, 0.15) is 55.3 Å². The minimum absolute atomic E-state index is 0.215. The zero-order chi connectivity index (χ0) is 14.0. The van der Waals surface area contributed by atoms with E-state index in [-0.39, 0.29) is 5.56 Å². The molecular weight excluding hydrogens is 253 g/mol. The monoisotopic (exact) mass is 275 g/mol. The van der Waals surface area contributed by atoms with Gasteiger partial charge in [-0.2, -0.15) is 0 Å². The summed E-state index contributed by atoms with van der Waals surface area (Å²) in [6.07, 6.45) is 9.82. The maximum absolute atomic E-state index is 13.7. The molecule has 20 heavy (non-hydrogen) atoms. The van der Waals surface area contributed by atoms with Gasteiger partial charge in [-0.15, -0.1) is 0 Å². The number of carbonyl (C=O) groups excluding carboxylic acids is 1. The van der Waals surface area contributed by atoms with Gasteiger partial charge in [0.15, 0.2) is 6.29 Å². The number of piperidine rings is 1. The van der Waals surface area contributed by atoms with Gasteiger partial charge in [0.25, 0.3) is 0 Å². The lowest BCUT2D eigenvalue weighted by Gasteiger charge is -2.45. The van der Waals surface area contributed by atoms with Gasteiger partial charge in [0.2, 0.25) is 0 Å². The molecule has 0 bridgehead atoms. The summed E-state index contributed by atoms with van der Waals surface area (Å²) in [5.41, 5.74) is 1.52. The van der Waals surface area contributed by atoms with Crippen LogP contribution in [0.5, 0.6) is 0 Å². The lowest BCUT2D eigenvalue weighted by molar-refractivity contribution is 0.111. The van der Waals surface area contributed by atoms with Crippen LogP contribution >= 0.6 is 0 Å². The predicted octanol–water partition coefficient (Wildman–Crippen LogP) is 4.19. The van der Waals surface area contributed by atoms with Crippen LogP contribution in [-0.4, -0.2) is 19.4 Å². The Bertz CT molecular complexity index is 484. The highest BCUT2D eigenvalue weighted by Crippen LogP contribution is 2.45. The van der Waals surface area contributed by atoms with E-state index < -0.39 is 5.82 Å². The molecular formula is C17H22FNO. The summed E-state index contributed by atoms with van der Waals surface area (Å²) in [6, 6.07) is 4.92. The molecule has 1 aliphatic heterocycles. The fourth-order valence-electron chi connectivity index (χ4n) is 3.94. The third-order valence-corrected chi connectivity index (χ3v) is 5.23. The first-order valence-corrected chi connectivity index (χ1v) is 7.73. The standard InChI is InChI=1S/C17H22FNO/c18-15-5-4-6-16(14(15)13-20)19-11-9-17(10-12-19)7-2-1-3-8-17/h4-6,13H,1-3,7-12H2. The molecule has 3 rings (SSSR count). The van der Waals surface area contributed by atoms with Crippen molar-refractivity contribution in [2.75, 3.05) is 18.0 Å². The minimum atomic E-state index is -0.407. The maximum Gasteiger partial charge on any atom is 0.155 e. The number of nitrogens with zero attached hydrogens (tertiary/aromatic N) is 1. The summed E-state index contributed by atoms with van der Waals surface area (Å²) >= 11 is 0. The quantitative estimate of drug-likeness (QED) is 0.754. The van der Waals surface area contributed by atoms with E-state index in [1.165, 1.54) is 51.0 Å². The average Bonchev–Trinajstić information content (AvgIpc) is 2.49. The van der Waals surface area contributed by atoms with Crippen molar-refractivity contribution >= 4 is 12.0 Å². The van der Waals surface area contributed by atoms with Gasteiger partial charge >= 0.3 is 0 Å². The molecule has 1 heterocycles. The average molecular weight is 275 g/mol. The van der Waals surface area contributed by atoms with Gasteiger partial charge in [-0.25, -0.2) is 4.39 Å². The normalized spacial score (nSPS) is 21.9. The van der Waals surface area contributed by atoms with E-state index in [1.54, 1.807) is 6.07 Å². The third kappa shape index (κ3) is 2.46. The number of carbonyl (C=O) groups is 1. The Morgan fingerprint density at radius 3 is 2.40 bits per heavy atom. The molecule has 1 saturated heterocycles. The van der Waals surface area contributed by atoms with Crippen molar-refractivity contribution in [3.8, 4) is 0 Å². The summed E-state index contributed by atoms with van der Waals surface area (Å²) in [7, 11) is 0. The Morgan fingerprint density at radius 1 is 1.05 bits per heavy atom. The molecule has 1 aromatic carbocycles. The number of rotatable bonds is 2. The van der Waals surface area contributed by atoms with Crippen molar-refractivity contribution in [1.82, 2.24) is 0 Å². The van der Waals surface area contributed by atoms with E-state index in [0.717, 1.165) is 18.8 Å². The van der Waals surface area contributed by atoms with E-state index >= 15 is 0 Å². The Morgan fingerprint density at radius 2 is 1.75 bits per heavy atom. The molecule has 0 atom stereocenters. The van der Waals surface area contributed by atoms with Gasteiger partial charge in [0, 0.05) is 13.1 Å². The van der Waals surface area contributed by atoms with E-state index in [1.807, 2.05) is 6.07 Å². The molecule has 1 saturated carbocycles. The summed E-state index contributed by atoms with van der Waals surface area (Å²) in [5.74, 6) is -0.407. The van der Waals surface area contributed by atoms with E-state index in [9.17, 15) is 9.18 Å². The molecule has 0 radical (unpaired) electrons. The zero-order valence-electron chi connectivity index (χ0n) is 11.9. The first-order valence-electron chi connectivity index (χ1n) is 7.73. The van der Waals surface area contributed by atoms with Crippen molar-refractivity contribution in [2.45, 2.75) is 44.9 Å². The topological polar surface area (TPSA) is 20.3 Å². The van der Waals surface area contributed by atoms with E-state index in [0.29, 0.717) is 11.7 Å². The van der Waals surface area contributed by atoms with E-state index in [4.69, 9.17) is 0 Å². The second-order valence-electron chi connectivity index (χ2n) is 6.34. The molecule has 0 amide bonds. The molecule has 0 N–H and O–H groups in total. The van der Waals surface area contributed by atoms with Gasteiger partial charge in [0.05, 0.1) is 11.3 Å². The summed E-state index contributed by atoms with van der Waals surface area (Å²) in [5, 5.41) is 0. The van der Waals surface area contributed by atoms with Crippen LogP contribution < -0.4 is 4.90 Å². The van der Waals surface area contributed by atoms with Crippen molar-refractivity contribution in [3.05, 3.63) is 29.6 Å². The van der Waals surface area contributed by atoms with Crippen molar-refractivity contribution in [2.24, 2.45) is 5.41 Å². The largest absolute Gasteiger partial charge is 0.371 e. The fourth-order valence-corrected chi connectivity index (χ4v) is 3.94. The Labute approximate surface area is 120 Å². The predicted molar refractivity (Wildman–Crippen MR) is 78.8 cm³/mol. The second kappa shape index (κ2) is 5.55. The van der Waals surface area contributed by atoms with Gasteiger partial charge < -0.3 is 4.90 Å². The highest BCUT2D eigenvalue weighted by Gasteiger charge is 2.35. The lowest BCUT2D eigenvalue weighted by atomic mass is 9.68. The molecule has 3 heteroatoms. The number of hydrogen-bond donors (Lipinski definition) is 0. The van der Waals surface area contributed by atoms with Crippen LogP contribution in [0.3, 0.4) is 0 Å². The van der Waals surface area contributed by atoms with Crippen LogP contribution in [0, 0.1) is 11.2 Å². The van der Waals surface area contributed by atoms with Crippen molar-refractivity contribution < 1.29 is 9.18 Å². The van der Waals surface area contributed by atoms with Crippen molar-refractivity contribution in [3.63, 3.8) is 0 Å². The highest BCUT2D eigenvalue weighted by atomic mass is 19.1. The molecule has 1 aliphatic carbocycles. The van der Waals surface area contributed by atoms with Crippen LogP contribution in [0.4, 0.5) is 10.1 Å². The molecule has 108 valence electrons. The zero-order valence-corrected chi connectivity index (χ0v) is 11.9. The Balaban J connectivity index is 1.75. The van der Waals surface area contributed by atoms with Crippen LogP contribution in [0.2, 0.25) is 0 Å². The first-order chi connectivity index (χ1) is 9.74. The van der Waals surface area contributed by atoms with Crippen LogP contribution in [0.25, 0.3) is 0 Å². The molecule has 0 aromatic heterocycles. The Kier molecular flexibility index (Phi) is 3.77. The molecule has 2 nitrogen and oxygen atoms in total. The number of aldehydes is 1. The minimum Gasteiger partial charge on any atom is -0.371 e. The molecule has 1 aromatic rings. The maximum atomic E-state index is 13.7. The van der Waals surface area contributed by atoms with Crippen molar-refractivity contribution in [1.29, 1.82) is 0 Å². The van der Waals surface area contributed by atoms with E-state index in [2.05, 4.69) is 4.90 Å². The highest BCUT2D eigenvalue weighted by molar-refractivity contribution is 5.85. The van der Waals surface area contributed by atoms with Gasteiger partial charge in [-0.3, -0.25) is 4.79 Å². The van der Waals surface area contributed by atoms with Crippen LogP contribution in [0.15, 0.2) is 18.2 Å². The third-order valence-electron chi connectivity index (χ3n) is 5.23. The van der Waals surface area contributed by atoms with Gasteiger partial charge in [-0.1, -0.05) is 25.3 Å². The molecule has 2 aliphatic rings. The molecule has 2 fully saturated rings. The summed E-state index contributed by atoms with van der Waals surface area (Å²) < 4.78 is 13.7. The number of halogens is 1. The Hall–Kier alpha value is -1.38. The first kappa shape index (κ1) is 13.6. The number of benzene rings is 1. The number of anilines is 1. The lowest BCUT2D eigenvalue weighted by Crippen LogP contribution is -2.41. The second-order valence-corrected chi connectivity index (χ2v) is 6.34. The number of hydrogen-bond acceptors (Lipinski definition) is 2. The SMILES string of the molecule is O=Cc1c(F)cccc1N1CCC2(CCCCC2)CC1. The molecule has 0 unspecified atom stereocenters. The smallest absolute Gasteiger partial charge is 0.155 e. The van der Waals surface area contributed by atoms with Crippen LogP contribution in [-0.2, 0) is 0 Å². The fraction of sp³-hybridized carbons (Fsp3) is 0.588. The van der Waals surface area contributed by atoms with Gasteiger partial charge in [0.1, 0.15) is 5.82 Å². The summed E-state index contributed by atoms with van der Waals surface area (Å²) in [6.45, 7) is 1.90. The van der Waals surface area contributed by atoms with Gasteiger partial charge in [-0.05, 0) is 43.2 Å².